The van der Waals surface area contributed by atoms with Crippen LogP contribution in [-0.4, -0.2) is 74.2 Å². The Bertz CT molecular complexity index is 1400. The number of benzene rings is 1. The van der Waals surface area contributed by atoms with Gasteiger partial charge in [0, 0.05) is 60.8 Å². The van der Waals surface area contributed by atoms with Gasteiger partial charge in [0.05, 0.1) is 11.7 Å². The van der Waals surface area contributed by atoms with Gasteiger partial charge in [-0.15, -0.1) is 0 Å². The van der Waals surface area contributed by atoms with E-state index in [0.717, 1.165) is 58.5 Å². The van der Waals surface area contributed by atoms with E-state index in [1.807, 2.05) is 52.2 Å². The Balaban J connectivity index is 1.45. The number of aryl methyl sites for hydroxylation is 4. The average Bonchev–Trinajstić information content (AvgIpc) is 3.27. The summed E-state index contributed by atoms with van der Waals surface area (Å²) in [6.07, 6.45) is 7.52. The molecule has 9 nitrogen and oxygen atoms in total. The first-order valence-corrected chi connectivity index (χ1v) is 15.6. The van der Waals surface area contributed by atoms with Crippen molar-refractivity contribution in [1.29, 1.82) is 0 Å². The lowest BCUT2D eigenvalue weighted by Crippen LogP contribution is -2.61. The molecule has 11 heteroatoms. The lowest BCUT2D eigenvalue weighted by Gasteiger charge is -2.44. The van der Waals surface area contributed by atoms with Crippen LogP contribution in [0.1, 0.15) is 61.4 Å². The average molecular weight is 658 g/mol. The smallest absolute Gasteiger partial charge is 0.410 e. The zero-order valence-corrected chi connectivity index (χ0v) is 26.9. The molecular weight excluding hydrogens is 620 g/mol. The number of fused-ring (bicyclic) bond motifs is 2. The minimum atomic E-state index is -0.632. The highest BCUT2D eigenvalue weighted by atomic mass is 79.9. The summed E-state index contributed by atoms with van der Waals surface area (Å²) in [6.45, 7) is 9.90. The Morgan fingerprint density at radius 2 is 1.93 bits per heavy atom. The van der Waals surface area contributed by atoms with Gasteiger partial charge in [0.15, 0.2) is 0 Å². The first-order valence-electron chi connectivity index (χ1n) is 14.4. The molecule has 3 aromatic rings. The van der Waals surface area contributed by atoms with Crippen LogP contribution in [0.5, 0.6) is 0 Å². The molecule has 0 saturated carbocycles. The molecule has 1 aromatic carbocycles. The fourth-order valence-corrected chi connectivity index (χ4v) is 6.37. The van der Waals surface area contributed by atoms with Crippen LogP contribution in [0.15, 0.2) is 47.3 Å². The number of ether oxygens (including phenoxy) is 1. The summed E-state index contributed by atoms with van der Waals surface area (Å²) in [5.41, 5.74) is 3.66. The minimum absolute atomic E-state index is 0.121. The monoisotopic (exact) mass is 656 g/mol. The van der Waals surface area contributed by atoms with Gasteiger partial charge < -0.3 is 19.5 Å². The van der Waals surface area contributed by atoms with E-state index < -0.39 is 17.7 Å². The van der Waals surface area contributed by atoms with Gasteiger partial charge in [-0.25, -0.2) is 9.78 Å². The molecule has 2 unspecified atom stereocenters. The number of rotatable bonds is 6. The third-order valence-electron chi connectivity index (χ3n) is 7.80. The Kier molecular flexibility index (Phi) is 9.25. The number of carbonyl (C=O) groups is 2. The van der Waals surface area contributed by atoms with Gasteiger partial charge in [0.25, 0.3) is 0 Å². The van der Waals surface area contributed by atoms with Crippen LogP contribution in [0.2, 0.25) is 5.02 Å². The zero-order valence-electron chi connectivity index (χ0n) is 24.6. The highest BCUT2D eigenvalue weighted by Gasteiger charge is 2.42. The van der Waals surface area contributed by atoms with Gasteiger partial charge in [-0.2, -0.15) is 0 Å². The van der Waals surface area contributed by atoms with Gasteiger partial charge in [0.1, 0.15) is 17.5 Å². The number of imidazole rings is 1. The van der Waals surface area contributed by atoms with Gasteiger partial charge in [-0.05, 0) is 97.8 Å². The summed E-state index contributed by atoms with van der Waals surface area (Å²) in [5.74, 6) is 0.821. The summed E-state index contributed by atoms with van der Waals surface area (Å²) in [6, 6.07) is 7.23. The summed E-state index contributed by atoms with van der Waals surface area (Å²) >= 11 is 10.0. The fourth-order valence-electron chi connectivity index (χ4n) is 5.80. The number of carbonyl (C=O) groups excluding carboxylic acids is 2. The number of piperazine rings is 1. The summed E-state index contributed by atoms with van der Waals surface area (Å²) in [4.78, 5) is 40.1. The van der Waals surface area contributed by atoms with E-state index in [0.29, 0.717) is 24.7 Å². The van der Waals surface area contributed by atoms with Crippen molar-refractivity contribution in [3.8, 4) is 0 Å². The lowest BCUT2D eigenvalue weighted by atomic mass is 9.94. The molecule has 1 fully saturated rings. The number of hydrogen-bond donors (Lipinski definition) is 1. The van der Waals surface area contributed by atoms with Crippen molar-refractivity contribution < 1.29 is 14.3 Å². The Morgan fingerprint density at radius 1 is 1.14 bits per heavy atom. The van der Waals surface area contributed by atoms with Crippen molar-refractivity contribution in [2.75, 3.05) is 26.2 Å². The van der Waals surface area contributed by atoms with Crippen LogP contribution >= 0.6 is 27.5 Å². The maximum atomic E-state index is 14.0. The summed E-state index contributed by atoms with van der Waals surface area (Å²) in [7, 11) is 0. The standard InChI is InChI=1S/C31H38BrClN6O3/c1-20-34-11-13-37(20)12-5-10-35-29(40)26-19-38(30(41)42-31(2,3)4)14-15-39(26)28-25-9-8-24(33)17-21(25)6-7-22-16-23(32)18-36-27(22)28/h8-9,11,13,16-18,26,28H,5-7,10,12,14-15,19H2,1-4H3,(H,35,40). The van der Waals surface area contributed by atoms with E-state index in [-0.39, 0.29) is 18.5 Å². The van der Waals surface area contributed by atoms with Crippen LogP contribution in [0, 0.1) is 6.92 Å². The van der Waals surface area contributed by atoms with Crippen LogP contribution in [0.25, 0.3) is 0 Å². The van der Waals surface area contributed by atoms with Gasteiger partial charge in [-0.3, -0.25) is 14.7 Å². The molecule has 42 heavy (non-hydrogen) atoms. The molecule has 3 heterocycles. The van der Waals surface area contributed by atoms with Crippen LogP contribution < -0.4 is 5.32 Å². The van der Waals surface area contributed by atoms with Gasteiger partial charge in [0.2, 0.25) is 5.91 Å². The molecule has 1 aliphatic heterocycles. The highest BCUT2D eigenvalue weighted by Crippen LogP contribution is 2.39. The number of aromatic nitrogens is 3. The highest BCUT2D eigenvalue weighted by molar-refractivity contribution is 9.10. The number of pyridine rings is 1. The van der Waals surface area contributed by atoms with E-state index in [1.54, 1.807) is 11.1 Å². The second kappa shape index (κ2) is 12.7. The van der Waals surface area contributed by atoms with Crippen molar-refractivity contribution in [3.05, 3.63) is 80.6 Å². The predicted molar refractivity (Wildman–Crippen MR) is 166 cm³/mol. The van der Waals surface area contributed by atoms with Crippen molar-refractivity contribution in [1.82, 2.24) is 29.7 Å². The third-order valence-corrected chi connectivity index (χ3v) is 8.47. The summed E-state index contributed by atoms with van der Waals surface area (Å²) < 4.78 is 8.68. The number of nitrogens with zero attached hydrogens (tertiary/aromatic N) is 5. The second-order valence-electron chi connectivity index (χ2n) is 11.9. The molecule has 2 atom stereocenters. The quantitative estimate of drug-likeness (QED) is 0.361. The Hall–Kier alpha value is -2.95. The number of halogens is 2. The molecule has 1 aliphatic carbocycles. The molecule has 5 rings (SSSR count). The fraction of sp³-hybridized carbons (Fsp3) is 0.484. The topological polar surface area (TPSA) is 92.6 Å². The van der Waals surface area contributed by atoms with Crippen LogP contribution in [0.4, 0.5) is 4.79 Å². The molecular formula is C31H38BrClN6O3. The normalized spacial score (nSPS) is 19.0. The van der Waals surface area contributed by atoms with E-state index in [9.17, 15) is 9.59 Å². The molecule has 2 aromatic heterocycles. The minimum Gasteiger partial charge on any atom is -0.444 e. The van der Waals surface area contributed by atoms with Gasteiger partial charge >= 0.3 is 6.09 Å². The third kappa shape index (κ3) is 6.98. The molecule has 0 bridgehead atoms. The van der Waals surface area contributed by atoms with E-state index in [4.69, 9.17) is 21.3 Å². The number of amides is 2. The molecule has 224 valence electrons. The second-order valence-corrected chi connectivity index (χ2v) is 13.3. The predicted octanol–water partition coefficient (Wildman–Crippen LogP) is 5.32. The number of nitrogens with one attached hydrogen (secondary N) is 1. The molecule has 2 aliphatic rings. The lowest BCUT2D eigenvalue weighted by molar-refractivity contribution is -0.129. The van der Waals surface area contributed by atoms with Crippen LogP contribution in [-0.2, 0) is 28.9 Å². The summed E-state index contributed by atoms with van der Waals surface area (Å²) in [5, 5.41) is 3.84. The van der Waals surface area contributed by atoms with Gasteiger partial charge in [-0.1, -0.05) is 17.7 Å². The maximum absolute atomic E-state index is 14.0. The first kappa shape index (κ1) is 30.5. The Morgan fingerprint density at radius 3 is 2.67 bits per heavy atom. The van der Waals surface area contributed by atoms with Crippen molar-refractivity contribution >= 4 is 39.5 Å². The molecule has 0 radical (unpaired) electrons. The number of hydrogen-bond acceptors (Lipinski definition) is 6. The molecule has 0 spiro atoms. The molecule has 1 saturated heterocycles. The van der Waals surface area contributed by atoms with E-state index in [1.165, 1.54) is 0 Å². The van der Waals surface area contributed by atoms with Crippen LogP contribution in [0.3, 0.4) is 0 Å². The largest absolute Gasteiger partial charge is 0.444 e. The van der Waals surface area contributed by atoms with Crippen molar-refractivity contribution in [2.45, 2.75) is 71.2 Å². The first-order chi connectivity index (χ1) is 20.0. The Labute approximate surface area is 260 Å². The van der Waals surface area contributed by atoms with E-state index in [2.05, 4.69) is 47.8 Å². The van der Waals surface area contributed by atoms with Crippen molar-refractivity contribution in [2.24, 2.45) is 0 Å². The maximum Gasteiger partial charge on any atom is 0.410 e. The van der Waals surface area contributed by atoms with E-state index >= 15 is 0 Å². The zero-order chi connectivity index (χ0) is 30.0. The SMILES string of the molecule is Cc1nccn1CCCNC(=O)C1CN(C(=O)OC(C)(C)C)CCN1C1c2ccc(Cl)cc2CCc2cc(Br)cnc21. The molecule has 2 amide bonds. The van der Waals surface area contributed by atoms with Crippen molar-refractivity contribution in [3.63, 3.8) is 0 Å². The molecule has 1 N–H and O–H groups in total.